The number of fused-ring (bicyclic) bond motifs is 1. The van der Waals surface area contributed by atoms with Gasteiger partial charge < -0.3 is 0 Å². The number of rotatable bonds is 5. The first-order valence-corrected chi connectivity index (χ1v) is 9.60. The largest absolute Gasteiger partial charge is 0.296 e. The maximum atomic E-state index is 12.4. The Morgan fingerprint density at radius 2 is 2.00 bits per heavy atom. The molecule has 4 nitrogen and oxygen atoms in total. The molecule has 0 spiro atoms. The molecule has 0 unspecified atom stereocenters. The van der Waals surface area contributed by atoms with Crippen molar-refractivity contribution >= 4 is 33.7 Å². The van der Waals surface area contributed by atoms with Crippen LogP contribution in [0.15, 0.2) is 6.07 Å². The lowest BCUT2D eigenvalue weighted by molar-refractivity contribution is 0.103. The third kappa shape index (κ3) is 3.22. The topological polar surface area (TPSA) is 54.9 Å². The predicted octanol–water partition coefficient (Wildman–Crippen LogP) is 4.63. The van der Waals surface area contributed by atoms with Gasteiger partial charge in [0.25, 0.3) is 5.91 Å². The fraction of sp³-hybridized carbons (Fsp3) is 0.562. The summed E-state index contributed by atoms with van der Waals surface area (Å²) in [6, 6.07) is 2.05. The second-order valence-electron chi connectivity index (χ2n) is 5.68. The van der Waals surface area contributed by atoms with Gasteiger partial charge in [-0.15, -0.1) is 21.5 Å². The van der Waals surface area contributed by atoms with Crippen molar-refractivity contribution in [2.24, 2.45) is 0 Å². The molecule has 0 aliphatic heterocycles. The number of nitrogens with one attached hydrogen (secondary N) is 1. The molecule has 1 amide bonds. The molecular weight excluding hydrogens is 314 g/mol. The van der Waals surface area contributed by atoms with Crippen LogP contribution in [-0.2, 0) is 12.8 Å². The maximum absolute atomic E-state index is 12.4. The van der Waals surface area contributed by atoms with Crippen molar-refractivity contribution in [1.82, 2.24) is 10.2 Å². The number of aromatic nitrogens is 2. The smallest absolute Gasteiger partial charge is 0.267 e. The summed E-state index contributed by atoms with van der Waals surface area (Å²) in [7, 11) is 0. The van der Waals surface area contributed by atoms with Gasteiger partial charge >= 0.3 is 0 Å². The van der Waals surface area contributed by atoms with Crippen LogP contribution in [0.3, 0.4) is 0 Å². The standard InChI is InChI=1S/C16H21N3OS2/c1-3-10(4-2)15-18-19-16(22-15)17-14(20)13-9-11-7-5-6-8-12(11)21-13/h9-10H,3-8H2,1-2H3,(H,17,19,20). The molecule has 0 saturated heterocycles. The Bertz CT molecular complexity index is 635. The van der Waals surface area contributed by atoms with Crippen LogP contribution in [0.1, 0.15) is 70.6 Å². The van der Waals surface area contributed by atoms with Crippen molar-refractivity contribution < 1.29 is 4.79 Å². The number of amides is 1. The van der Waals surface area contributed by atoms with Gasteiger partial charge in [-0.3, -0.25) is 10.1 Å². The first-order valence-electron chi connectivity index (χ1n) is 7.97. The highest BCUT2D eigenvalue weighted by molar-refractivity contribution is 7.16. The number of carbonyl (C=O) groups excluding carboxylic acids is 1. The minimum atomic E-state index is -0.0494. The third-order valence-corrected chi connectivity index (χ3v) is 6.45. The van der Waals surface area contributed by atoms with Gasteiger partial charge in [0.1, 0.15) is 5.01 Å². The van der Waals surface area contributed by atoms with Crippen LogP contribution in [0, 0.1) is 0 Å². The quantitative estimate of drug-likeness (QED) is 0.866. The van der Waals surface area contributed by atoms with Crippen molar-refractivity contribution in [3.8, 4) is 0 Å². The summed E-state index contributed by atoms with van der Waals surface area (Å²) >= 11 is 3.13. The molecule has 1 N–H and O–H groups in total. The second kappa shape index (κ2) is 6.87. The van der Waals surface area contributed by atoms with Gasteiger partial charge in [0, 0.05) is 10.8 Å². The van der Waals surface area contributed by atoms with E-state index in [0.717, 1.165) is 35.6 Å². The van der Waals surface area contributed by atoms with Gasteiger partial charge in [0.05, 0.1) is 4.88 Å². The molecule has 1 aliphatic carbocycles. The van der Waals surface area contributed by atoms with Gasteiger partial charge in [-0.2, -0.15) is 0 Å². The van der Waals surface area contributed by atoms with Gasteiger partial charge in [0.2, 0.25) is 5.13 Å². The Labute approximate surface area is 139 Å². The Morgan fingerprint density at radius 1 is 1.23 bits per heavy atom. The molecule has 2 heterocycles. The van der Waals surface area contributed by atoms with Gasteiger partial charge in [-0.25, -0.2) is 0 Å². The van der Waals surface area contributed by atoms with Crippen LogP contribution >= 0.6 is 22.7 Å². The fourth-order valence-electron chi connectivity index (χ4n) is 2.85. The number of hydrogen-bond donors (Lipinski definition) is 1. The average molecular weight is 335 g/mol. The number of hydrogen-bond acceptors (Lipinski definition) is 5. The van der Waals surface area contributed by atoms with E-state index in [1.54, 1.807) is 11.3 Å². The molecule has 0 bridgehead atoms. The summed E-state index contributed by atoms with van der Waals surface area (Å²) in [4.78, 5) is 14.6. The van der Waals surface area contributed by atoms with E-state index in [9.17, 15) is 4.79 Å². The van der Waals surface area contributed by atoms with Crippen molar-refractivity contribution in [2.75, 3.05) is 5.32 Å². The molecule has 22 heavy (non-hydrogen) atoms. The van der Waals surface area contributed by atoms with Crippen molar-refractivity contribution in [3.63, 3.8) is 0 Å². The van der Waals surface area contributed by atoms with E-state index >= 15 is 0 Å². The normalized spacial score (nSPS) is 14.1. The average Bonchev–Trinajstić information content (AvgIpc) is 3.15. The van der Waals surface area contributed by atoms with Crippen molar-refractivity contribution in [2.45, 2.75) is 58.3 Å². The summed E-state index contributed by atoms with van der Waals surface area (Å²) in [5.41, 5.74) is 1.36. The summed E-state index contributed by atoms with van der Waals surface area (Å²) in [5.74, 6) is 0.392. The molecule has 0 saturated carbocycles. The summed E-state index contributed by atoms with van der Waals surface area (Å²) in [5, 5.41) is 12.9. The zero-order chi connectivity index (χ0) is 15.5. The maximum Gasteiger partial charge on any atom is 0.267 e. The number of anilines is 1. The zero-order valence-electron chi connectivity index (χ0n) is 13.0. The Kier molecular flexibility index (Phi) is 4.88. The van der Waals surface area contributed by atoms with E-state index in [0.29, 0.717) is 11.0 Å². The van der Waals surface area contributed by atoms with E-state index in [4.69, 9.17) is 0 Å². The highest BCUT2D eigenvalue weighted by Gasteiger charge is 2.19. The summed E-state index contributed by atoms with van der Waals surface area (Å²) in [6.45, 7) is 4.31. The lowest BCUT2D eigenvalue weighted by Crippen LogP contribution is -2.09. The van der Waals surface area contributed by atoms with E-state index in [1.165, 1.54) is 34.6 Å². The lowest BCUT2D eigenvalue weighted by atomic mass is 9.99. The Morgan fingerprint density at radius 3 is 2.73 bits per heavy atom. The minimum Gasteiger partial charge on any atom is -0.296 e. The van der Waals surface area contributed by atoms with E-state index in [1.807, 2.05) is 0 Å². The van der Waals surface area contributed by atoms with Gasteiger partial charge in [-0.05, 0) is 50.2 Å². The van der Waals surface area contributed by atoms with Gasteiger partial charge in [-0.1, -0.05) is 25.2 Å². The van der Waals surface area contributed by atoms with E-state index < -0.39 is 0 Å². The van der Waals surface area contributed by atoms with Crippen LogP contribution in [0.5, 0.6) is 0 Å². The molecule has 2 aromatic rings. The number of aryl methyl sites for hydroxylation is 2. The highest BCUT2D eigenvalue weighted by Crippen LogP contribution is 2.31. The Hall–Kier alpha value is -1.27. The molecule has 3 rings (SSSR count). The van der Waals surface area contributed by atoms with E-state index in [-0.39, 0.29) is 5.91 Å². The first-order chi connectivity index (χ1) is 10.7. The first kappa shape index (κ1) is 15.6. The molecule has 0 fully saturated rings. The predicted molar refractivity (Wildman–Crippen MR) is 92.1 cm³/mol. The molecule has 0 atom stereocenters. The Balaban J connectivity index is 1.70. The fourth-order valence-corrected chi connectivity index (χ4v) is 5.00. The monoisotopic (exact) mass is 335 g/mol. The molecule has 2 aromatic heterocycles. The molecule has 1 aliphatic rings. The van der Waals surface area contributed by atoms with Crippen molar-refractivity contribution in [3.05, 3.63) is 26.4 Å². The summed E-state index contributed by atoms with van der Waals surface area (Å²) < 4.78 is 0. The SMILES string of the molecule is CCC(CC)c1nnc(NC(=O)c2cc3c(s2)CCCC3)s1. The lowest BCUT2D eigenvalue weighted by Gasteiger charge is -2.08. The van der Waals surface area contributed by atoms with Crippen LogP contribution in [-0.4, -0.2) is 16.1 Å². The van der Waals surface area contributed by atoms with E-state index in [2.05, 4.69) is 35.4 Å². The van der Waals surface area contributed by atoms with Crippen LogP contribution < -0.4 is 5.32 Å². The second-order valence-corrected chi connectivity index (χ2v) is 7.83. The molecule has 118 valence electrons. The molecule has 6 heteroatoms. The zero-order valence-corrected chi connectivity index (χ0v) is 14.6. The van der Waals surface area contributed by atoms with Crippen LogP contribution in [0.2, 0.25) is 0 Å². The number of nitrogens with zero attached hydrogens (tertiary/aromatic N) is 2. The van der Waals surface area contributed by atoms with Crippen LogP contribution in [0.25, 0.3) is 0 Å². The summed E-state index contributed by atoms with van der Waals surface area (Å²) in [6.07, 6.45) is 6.80. The number of thiophene rings is 1. The third-order valence-electron chi connectivity index (χ3n) is 4.22. The number of carbonyl (C=O) groups is 1. The van der Waals surface area contributed by atoms with Crippen molar-refractivity contribution in [1.29, 1.82) is 0 Å². The molecular formula is C16H21N3OS2. The molecule has 0 aromatic carbocycles. The molecule has 0 radical (unpaired) electrons. The van der Waals surface area contributed by atoms with Crippen LogP contribution in [0.4, 0.5) is 5.13 Å². The minimum absolute atomic E-state index is 0.0494. The van der Waals surface area contributed by atoms with Gasteiger partial charge in [0.15, 0.2) is 0 Å². The highest BCUT2D eigenvalue weighted by atomic mass is 32.1.